The van der Waals surface area contributed by atoms with Crippen molar-refractivity contribution >= 4 is 0 Å². The first kappa shape index (κ1) is 9.05. The Balaban J connectivity index is 1.94. The third-order valence-electron chi connectivity index (χ3n) is 2.71. The molecule has 1 atom stereocenters. The first-order chi connectivity index (χ1) is 5.29. The van der Waals surface area contributed by atoms with Crippen molar-refractivity contribution in [2.75, 3.05) is 0 Å². The van der Waals surface area contributed by atoms with Crippen molar-refractivity contribution in [1.82, 2.24) is 0 Å². The molecular weight excluding hydrogens is 136 g/mol. The Morgan fingerprint density at radius 3 is 2.55 bits per heavy atom. The topological polar surface area (TPSA) is 20.2 Å². The molecule has 0 aromatic heterocycles. The van der Waals surface area contributed by atoms with Crippen molar-refractivity contribution in [2.45, 2.75) is 58.0 Å². The first-order valence-corrected chi connectivity index (χ1v) is 4.97. The Hall–Kier alpha value is -0.0400. The quantitative estimate of drug-likeness (QED) is 0.663. The van der Waals surface area contributed by atoms with Gasteiger partial charge in [-0.1, -0.05) is 38.5 Å². The maximum Gasteiger partial charge on any atom is 0.0512 e. The van der Waals surface area contributed by atoms with Gasteiger partial charge in [0.15, 0.2) is 0 Å². The lowest BCUT2D eigenvalue weighted by atomic mass is 10.00. The maximum atomic E-state index is 9.03. The van der Waals surface area contributed by atoms with Crippen molar-refractivity contribution in [3.63, 3.8) is 0 Å². The minimum Gasteiger partial charge on any atom is -0.393 e. The van der Waals surface area contributed by atoms with Crippen LogP contribution in [0.4, 0.5) is 0 Å². The molecule has 0 heterocycles. The van der Waals surface area contributed by atoms with Gasteiger partial charge >= 0.3 is 0 Å². The summed E-state index contributed by atoms with van der Waals surface area (Å²) in [5.74, 6) is 0.994. The van der Waals surface area contributed by atoms with Gasteiger partial charge in [0.25, 0.3) is 0 Å². The zero-order valence-electron chi connectivity index (χ0n) is 7.55. The molecule has 1 N–H and O–H groups in total. The summed E-state index contributed by atoms with van der Waals surface area (Å²) in [6.07, 6.45) is 9.26. The summed E-state index contributed by atoms with van der Waals surface area (Å²) in [5.41, 5.74) is 0. The molecule has 1 aliphatic rings. The normalized spacial score (nSPS) is 22.4. The summed E-state index contributed by atoms with van der Waals surface area (Å²) in [5, 5.41) is 9.03. The van der Waals surface area contributed by atoms with E-state index in [0.717, 1.165) is 12.3 Å². The van der Waals surface area contributed by atoms with E-state index in [1.54, 1.807) is 0 Å². The van der Waals surface area contributed by atoms with Crippen molar-refractivity contribution in [3.8, 4) is 0 Å². The standard InChI is InChI=1S/C10H20O/c1-9(11)5-4-8-10-6-2-3-7-10/h9-11H,2-8H2,1H3. The smallest absolute Gasteiger partial charge is 0.0512 e. The molecule has 0 aromatic carbocycles. The summed E-state index contributed by atoms with van der Waals surface area (Å²) in [6.45, 7) is 1.88. The molecule has 66 valence electrons. The highest BCUT2D eigenvalue weighted by molar-refractivity contribution is 4.67. The maximum absolute atomic E-state index is 9.03. The zero-order valence-corrected chi connectivity index (χ0v) is 7.55. The van der Waals surface area contributed by atoms with Crippen LogP contribution in [0.1, 0.15) is 51.9 Å². The predicted molar refractivity (Wildman–Crippen MR) is 47.5 cm³/mol. The van der Waals surface area contributed by atoms with Crippen LogP contribution in [0.2, 0.25) is 0 Å². The van der Waals surface area contributed by atoms with E-state index in [4.69, 9.17) is 5.11 Å². The van der Waals surface area contributed by atoms with Crippen LogP contribution >= 0.6 is 0 Å². The molecule has 1 rings (SSSR count). The Labute approximate surface area is 69.8 Å². The highest BCUT2D eigenvalue weighted by Gasteiger charge is 2.14. The van der Waals surface area contributed by atoms with E-state index in [1.807, 2.05) is 6.92 Å². The summed E-state index contributed by atoms with van der Waals surface area (Å²) in [4.78, 5) is 0. The van der Waals surface area contributed by atoms with E-state index < -0.39 is 0 Å². The molecule has 1 fully saturated rings. The van der Waals surface area contributed by atoms with E-state index in [0.29, 0.717) is 0 Å². The largest absolute Gasteiger partial charge is 0.393 e. The number of aliphatic hydroxyl groups excluding tert-OH is 1. The molecule has 1 saturated carbocycles. The van der Waals surface area contributed by atoms with E-state index in [1.165, 1.54) is 38.5 Å². The molecule has 1 unspecified atom stereocenters. The third-order valence-corrected chi connectivity index (χ3v) is 2.71. The Morgan fingerprint density at radius 1 is 1.36 bits per heavy atom. The second kappa shape index (κ2) is 4.76. The molecule has 1 nitrogen and oxygen atoms in total. The van der Waals surface area contributed by atoms with Crippen LogP contribution in [-0.2, 0) is 0 Å². The fraction of sp³-hybridized carbons (Fsp3) is 1.00. The van der Waals surface area contributed by atoms with Crippen LogP contribution in [0, 0.1) is 5.92 Å². The Bertz CT molecular complexity index is 93.0. The predicted octanol–water partition coefficient (Wildman–Crippen LogP) is 2.73. The number of aliphatic hydroxyl groups is 1. The van der Waals surface area contributed by atoms with Gasteiger partial charge in [-0.3, -0.25) is 0 Å². The van der Waals surface area contributed by atoms with E-state index in [2.05, 4.69) is 0 Å². The van der Waals surface area contributed by atoms with Gasteiger partial charge in [0.05, 0.1) is 6.10 Å². The van der Waals surface area contributed by atoms with Gasteiger partial charge in [-0.15, -0.1) is 0 Å². The van der Waals surface area contributed by atoms with Gasteiger partial charge in [0.1, 0.15) is 0 Å². The number of hydrogen-bond donors (Lipinski definition) is 1. The van der Waals surface area contributed by atoms with Gasteiger partial charge in [0.2, 0.25) is 0 Å². The Kier molecular flexibility index (Phi) is 3.92. The lowest BCUT2D eigenvalue weighted by Gasteiger charge is -2.08. The van der Waals surface area contributed by atoms with Crippen LogP contribution in [0.3, 0.4) is 0 Å². The zero-order chi connectivity index (χ0) is 8.10. The molecule has 11 heavy (non-hydrogen) atoms. The van der Waals surface area contributed by atoms with Crippen LogP contribution in [0.25, 0.3) is 0 Å². The molecule has 0 aromatic rings. The van der Waals surface area contributed by atoms with Crippen molar-refractivity contribution in [1.29, 1.82) is 0 Å². The molecule has 0 saturated heterocycles. The van der Waals surface area contributed by atoms with E-state index in [9.17, 15) is 0 Å². The minimum atomic E-state index is -0.0867. The van der Waals surface area contributed by atoms with Crippen LogP contribution in [-0.4, -0.2) is 11.2 Å². The fourth-order valence-electron chi connectivity index (χ4n) is 2.00. The molecule has 0 bridgehead atoms. The van der Waals surface area contributed by atoms with E-state index in [-0.39, 0.29) is 6.10 Å². The lowest BCUT2D eigenvalue weighted by Crippen LogP contribution is -2.01. The monoisotopic (exact) mass is 156 g/mol. The van der Waals surface area contributed by atoms with Gasteiger partial charge in [-0.2, -0.15) is 0 Å². The molecule has 1 heteroatoms. The van der Waals surface area contributed by atoms with Crippen molar-refractivity contribution in [2.24, 2.45) is 5.92 Å². The van der Waals surface area contributed by atoms with Crippen LogP contribution < -0.4 is 0 Å². The first-order valence-electron chi connectivity index (χ1n) is 4.97. The van der Waals surface area contributed by atoms with Crippen LogP contribution in [0.5, 0.6) is 0 Å². The Morgan fingerprint density at radius 2 is 2.00 bits per heavy atom. The average Bonchev–Trinajstić information content (AvgIpc) is 2.39. The fourth-order valence-corrected chi connectivity index (χ4v) is 2.00. The molecule has 0 spiro atoms. The van der Waals surface area contributed by atoms with Crippen LogP contribution in [0.15, 0.2) is 0 Å². The second-order valence-electron chi connectivity index (χ2n) is 3.93. The molecule has 0 amide bonds. The highest BCUT2D eigenvalue weighted by Crippen LogP contribution is 2.28. The summed E-state index contributed by atoms with van der Waals surface area (Å²) in [7, 11) is 0. The van der Waals surface area contributed by atoms with Crippen molar-refractivity contribution in [3.05, 3.63) is 0 Å². The summed E-state index contributed by atoms with van der Waals surface area (Å²) in [6, 6.07) is 0. The van der Waals surface area contributed by atoms with Gasteiger partial charge in [0, 0.05) is 0 Å². The molecule has 0 radical (unpaired) electrons. The third kappa shape index (κ3) is 3.76. The number of rotatable bonds is 4. The average molecular weight is 156 g/mol. The number of hydrogen-bond acceptors (Lipinski definition) is 1. The van der Waals surface area contributed by atoms with Gasteiger partial charge < -0.3 is 5.11 Å². The molecular formula is C10H20O. The van der Waals surface area contributed by atoms with Gasteiger partial charge in [-0.05, 0) is 19.3 Å². The van der Waals surface area contributed by atoms with Gasteiger partial charge in [-0.25, -0.2) is 0 Å². The highest BCUT2D eigenvalue weighted by atomic mass is 16.3. The molecule has 1 aliphatic carbocycles. The second-order valence-corrected chi connectivity index (χ2v) is 3.93. The summed E-state index contributed by atoms with van der Waals surface area (Å²) < 4.78 is 0. The SMILES string of the molecule is CC(O)CCCC1CCCC1. The minimum absolute atomic E-state index is 0.0867. The lowest BCUT2D eigenvalue weighted by molar-refractivity contribution is 0.178. The summed E-state index contributed by atoms with van der Waals surface area (Å²) >= 11 is 0. The van der Waals surface area contributed by atoms with E-state index >= 15 is 0 Å². The molecule has 0 aliphatic heterocycles. The van der Waals surface area contributed by atoms with Crippen molar-refractivity contribution < 1.29 is 5.11 Å².